The van der Waals surface area contributed by atoms with Crippen molar-refractivity contribution in [3.8, 4) is 0 Å². The van der Waals surface area contributed by atoms with Crippen molar-refractivity contribution < 1.29 is 8.42 Å². The Bertz CT molecular complexity index is 304. The summed E-state index contributed by atoms with van der Waals surface area (Å²) >= 11 is 5.50. The van der Waals surface area contributed by atoms with Crippen molar-refractivity contribution in [2.75, 3.05) is 37.8 Å². The van der Waals surface area contributed by atoms with Gasteiger partial charge in [-0.2, -0.15) is 0 Å². The summed E-state index contributed by atoms with van der Waals surface area (Å²) in [7, 11) is -3.12. The Morgan fingerprint density at radius 3 is 2.50 bits per heavy atom. The van der Waals surface area contributed by atoms with E-state index < -0.39 is 10.0 Å². The normalized spacial score (nSPS) is 23.1. The van der Waals surface area contributed by atoms with E-state index in [1.807, 2.05) is 0 Å². The molecule has 16 heavy (non-hydrogen) atoms. The van der Waals surface area contributed by atoms with Gasteiger partial charge in [0, 0.05) is 25.0 Å². The maximum Gasteiger partial charge on any atom is 0.215 e. The molecule has 1 aliphatic heterocycles. The lowest BCUT2D eigenvalue weighted by Crippen LogP contribution is -2.39. The molecule has 96 valence electrons. The van der Waals surface area contributed by atoms with Crippen LogP contribution in [-0.2, 0) is 10.0 Å². The van der Waals surface area contributed by atoms with E-state index in [1.165, 1.54) is 0 Å². The zero-order chi connectivity index (χ0) is 12.2. The molecule has 6 heteroatoms. The third-order valence-electron chi connectivity index (χ3n) is 3.18. The average Bonchev–Trinajstić information content (AvgIpc) is 2.69. The lowest BCUT2D eigenvalue weighted by molar-refractivity contribution is 0.225. The van der Waals surface area contributed by atoms with Crippen molar-refractivity contribution in [3.63, 3.8) is 0 Å². The van der Waals surface area contributed by atoms with E-state index in [1.54, 1.807) is 4.31 Å². The zero-order valence-corrected chi connectivity index (χ0v) is 11.6. The van der Waals surface area contributed by atoms with Gasteiger partial charge in [-0.1, -0.05) is 13.8 Å². The second-order valence-corrected chi connectivity index (χ2v) is 6.49. The van der Waals surface area contributed by atoms with Crippen LogP contribution in [0.3, 0.4) is 0 Å². The first-order valence-electron chi connectivity index (χ1n) is 5.83. The lowest BCUT2D eigenvalue weighted by atomic mass is 10.2. The number of rotatable bonds is 6. The van der Waals surface area contributed by atoms with Crippen LogP contribution >= 0.6 is 11.6 Å². The summed E-state index contributed by atoms with van der Waals surface area (Å²) in [5.74, 6) is 0.230. The molecule has 1 heterocycles. The summed E-state index contributed by atoms with van der Waals surface area (Å²) in [6.45, 7) is 7.44. The summed E-state index contributed by atoms with van der Waals surface area (Å²) in [4.78, 5) is 2.32. The minimum absolute atomic E-state index is 0.0551. The van der Waals surface area contributed by atoms with Crippen molar-refractivity contribution in [3.05, 3.63) is 0 Å². The number of hydrogen-bond donors (Lipinski definition) is 0. The fourth-order valence-electron chi connectivity index (χ4n) is 2.23. The summed E-state index contributed by atoms with van der Waals surface area (Å²) in [6, 6.07) is 0.375. The first-order chi connectivity index (χ1) is 7.55. The Hall–Kier alpha value is 0.160. The first-order valence-corrected chi connectivity index (χ1v) is 7.97. The van der Waals surface area contributed by atoms with E-state index in [9.17, 15) is 8.42 Å². The van der Waals surface area contributed by atoms with E-state index in [0.717, 1.165) is 19.5 Å². The van der Waals surface area contributed by atoms with E-state index in [2.05, 4.69) is 18.7 Å². The average molecular weight is 269 g/mol. The zero-order valence-electron chi connectivity index (χ0n) is 10.0. The number of halogens is 1. The summed E-state index contributed by atoms with van der Waals surface area (Å²) in [6.07, 6.45) is 0.934. The smallest absolute Gasteiger partial charge is 0.215 e. The molecular weight excluding hydrogens is 248 g/mol. The van der Waals surface area contributed by atoms with Crippen molar-refractivity contribution in [2.45, 2.75) is 26.3 Å². The molecule has 4 nitrogen and oxygen atoms in total. The van der Waals surface area contributed by atoms with E-state index in [0.29, 0.717) is 19.1 Å². The van der Waals surface area contributed by atoms with Crippen LogP contribution in [0.5, 0.6) is 0 Å². The molecule has 1 atom stereocenters. The molecule has 0 radical (unpaired) electrons. The molecule has 1 unspecified atom stereocenters. The second kappa shape index (κ2) is 6.19. The standard InChI is InChI=1S/C10H21ClN2O2S/c1-3-12(4-2)10-5-7-13(9-10)16(14,15)8-6-11/h10H,3-9H2,1-2H3. The number of likely N-dealkylation sites (N-methyl/N-ethyl adjacent to an activating group) is 1. The molecule has 1 saturated heterocycles. The molecule has 1 aliphatic rings. The molecule has 0 aromatic rings. The van der Waals surface area contributed by atoms with E-state index in [-0.39, 0.29) is 11.6 Å². The Morgan fingerprint density at radius 1 is 1.38 bits per heavy atom. The second-order valence-electron chi connectivity index (χ2n) is 4.03. The van der Waals surface area contributed by atoms with Crippen LogP contribution in [-0.4, -0.2) is 61.5 Å². The molecule has 1 fully saturated rings. The van der Waals surface area contributed by atoms with Gasteiger partial charge in [0.05, 0.1) is 5.75 Å². The Labute approximate surface area is 104 Å². The molecule has 0 saturated carbocycles. The molecule has 0 spiro atoms. The van der Waals surface area contributed by atoms with E-state index in [4.69, 9.17) is 11.6 Å². The predicted octanol–water partition coefficient (Wildman–Crippen LogP) is 0.971. The maximum atomic E-state index is 11.8. The summed E-state index contributed by atoms with van der Waals surface area (Å²) in [5, 5.41) is 0. The highest BCUT2D eigenvalue weighted by Crippen LogP contribution is 2.18. The topological polar surface area (TPSA) is 40.6 Å². The van der Waals surface area contributed by atoms with Gasteiger partial charge in [-0.25, -0.2) is 12.7 Å². The number of sulfonamides is 1. The molecule has 0 aliphatic carbocycles. The SMILES string of the molecule is CCN(CC)C1CCN(S(=O)(=O)CCCl)C1. The van der Waals surface area contributed by atoms with Gasteiger partial charge in [0.25, 0.3) is 0 Å². The van der Waals surface area contributed by atoms with Crippen molar-refractivity contribution >= 4 is 21.6 Å². The molecule has 0 aromatic carbocycles. The van der Waals surface area contributed by atoms with Crippen LogP contribution in [0.2, 0.25) is 0 Å². The molecule has 0 N–H and O–H groups in total. The molecular formula is C10H21ClN2O2S. The Morgan fingerprint density at radius 2 is 2.00 bits per heavy atom. The molecule has 0 amide bonds. The fraction of sp³-hybridized carbons (Fsp3) is 1.00. The number of alkyl halides is 1. The minimum Gasteiger partial charge on any atom is -0.300 e. The number of hydrogen-bond acceptors (Lipinski definition) is 3. The van der Waals surface area contributed by atoms with Crippen LogP contribution in [0.1, 0.15) is 20.3 Å². The van der Waals surface area contributed by atoms with Gasteiger partial charge in [0.2, 0.25) is 10.0 Å². The van der Waals surface area contributed by atoms with Crippen LogP contribution in [0, 0.1) is 0 Å². The van der Waals surface area contributed by atoms with Gasteiger partial charge in [-0.15, -0.1) is 11.6 Å². The molecule has 1 rings (SSSR count). The first kappa shape index (κ1) is 14.2. The fourth-order valence-corrected chi connectivity index (χ4v) is 4.05. The predicted molar refractivity (Wildman–Crippen MR) is 67.4 cm³/mol. The summed E-state index contributed by atoms with van der Waals surface area (Å²) in [5.41, 5.74) is 0. The van der Waals surface area contributed by atoms with Crippen LogP contribution in [0.15, 0.2) is 0 Å². The Kier molecular flexibility index (Phi) is 5.50. The lowest BCUT2D eigenvalue weighted by Gasteiger charge is -2.25. The highest BCUT2D eigenvalue weighted by atomic mass is 35.5. The van der Waals surface area contributed by atoms with Crippen LogP contribution in [0.25, 0.3) is 0 Å². The van der Waals surface area contributed by atoms with Gasteiger partial charge in [-0.3, -0.25) is 4.90 Å². The van der Waals surface area contributed by atoms with Crippen LogP contribution < -0.4 is 0 Å². The number of nitrogens with zero attached hydrogens (tertiary/aromatic N) is 2. The maximum absolute atomic E-state index is 11.8. The Balaban J connectivity index is 2.58. The van der Waals surface area contributed by atoms with Crippen molar-refractivity contribution in [1.29, 1.82) is 0 Å². The third kappa shape index (κ3) is 3.32. The van der Waals surface area contributed by atoms with Gasteiger partial charge < -0.3 is 0 Å². The minimum atomic E-state index is -3.12. The van der Waals surface area contributed by atoms with E-state index >= 15 is 0 Å². The van der Waals surface area contributed by atoms with Gasteiger partial charge >= 0.3 is 0 Å². The largest absolute Gasteiger partial charge is 0.300 e. The van der Waals surface area contributed by atoms with Gasteiger partial charge in [-0.05, 0) is 19.5 Å². The van der Waals surface area contributed by atoms with Crippen molar-refractivity contribution in [1.82, 2.24) is 9.21 Å². The van der Waals surface area contributed by atoms with Crippen molar-refractivity contribution in [2.24, 2.45) is 0 Å². The highest BCUT2D eigenvalue weighted by molar-refractivity contribution is 7.89. The monoisotopic (exact) mass is 268 g/mol. The molecule has 0 bridgehead atoms. The summed E-state index contributed by atoms with van der Waals surface area (Å²) < 4.78 is 25.2. The van der Waals surface area contributed by atoms with Gasteiger partial charge in [0.15, 0.2) is 0 Å². The van der Waals surface area contributed by atoms with Gasteiger partial charge in [0.1, 0.15) is 0 Å². The van der Waals surface area contributed by atoms with Crippen LogP contribution in [0.4, 0.5) is 0 Å². The molecule has 0 aromatic heterocycles. The highest BCUT2D eigenvalue weighted by Gasteiger charge is 2.32. The third-order valence-corrected chi connectivity index (χ3v) is 5.43. The quantitative estimate of drug-likeness (QED) is 0.674.